The van der Waals surface area contributed by atoms with E-state index in [0.717, 1.165) is 0 Å². The van der Waals surface area contributed by atoms with Gasteiger partial charge in [-0.05, 0) is 6.26 Å². The summed E-state index contributed by atoms with van der Waals surface area (Å²) in [5.41, 5.74) is 0.369. The molecule has 1 aromatic rings. The molecule has 1 rings (SSSR count). The maximum Gasteiger partial charge on any atom is 0.311 e. The molecule has 0 unspecified atom stereocenters. The molecule has 1 N–H and O–H groups in total. The highest BCUT2D eigenvalue weighted by atomic mass is 32.2. The van der Waals surface area contributed by atoms with Crippen molar-refractivity contribution in [2.75, 3.05) is 6.26 Å². The van der Waals surface area contributed by atoms with Crippen molar-refractivity contribution in [1.82, 2.24) is 0 Å². The minimum atomic E-state index is -0.584. The molecule has 0 heterocycles. The number of phenolic OH excluding ortho intramolecular Hbond substituents is 1. The molecule has 0 bridgehead atoms. The zero-order valence-electron chi connectivity index (χ0n) is 7.06. The van der Waals surface area contributed by atoms with Crippen molar-refractivity contribution >= 4 is 17.4 Å². The Kier molecular flexibility index (Phi) is 3.13. The first kappa shape index (κ1) is 9.85. The summed E-state index contributed by atoms with van der Waals surface area (Å²) in [4.78, 5) is 9.83. The van der Waals surface area contributed by atoms with Crippen molar-refractivity contribution in [3.05, 3.63) is 33.9 Å². The van der Waals surface area contributed by atoms with Crippen LogP contribution in [0.2, 0.25) is 0 Å². The summed E-state index contributed by atoms with van der Waals surface area (Å²) in [5.74, 6) is 0.356. The van der Waals surface area contributed by atoms with Gasteiger partial charge in [-0.2, -0.15) is 11.8 Å². The van der Waals surface area contributed by atoms with Gasteiger partial charge in [0.2, 0.25) is 0 Å². The van der Waals surface area contributed by atoms with E-state index in [4.69, 9.17) is 0 Å². The predicted octanol–water partition coefficient (Wildman–Crippen LogP) is 2.16. The average molecular weight is 199 g/mol. The fourth-order valence-electron chi connectivity index (χ4n) is 0.997. The molecule has 0 amide bonds. The summed E-state index contributed by atoms with van der Waals surface area (Å²) in [7, 11) is 0. The number of hydrogen-bond acceptors (Lipinski definition) is 4. The standard InChI is InChI=1S/C8H9NO3S/c1-13-5-6-3-2-4-7(8(6)10)9(11)12/h2-4,10H,5H2,1H3. The van der Waals surface area contributed by atoms with E-state index in [2.05, 4.69) is 0 Å². The van der Waals surface area contributed by atoms with Crippen LogP contribution in [0.5, 0.6) is 5.75 Å². The molecule has 0 radical (unpaired) electrons. The predicted molar refractivity (Wildman–Crippen MR) is 52.0 cm³/mol. The topological polar surface area (TPSA) is 63.4 Å². The smallest absolute Gasteiger partial charge is 0.311 e. The Balaban J connectivity index is 3.10. The van der Waals surface area contributed by atoms with E-state index in [1.165, 1.54) is 17.8 Å². The normalized spacial score (nSPS) is 9.92. The van der Waals surface area contributed by atoms with E-state index in [0.29, 0.717) is 11.3 Å². The zero-order valence-corrected chi connectivity index (χ0v) is 7.87. The first-order valence-corrected chi connectivity index (χ1v) is 5.00. The van der Waals surface area contributed by atoms with Gasteiger partial charge in [0, 0.05) is 17.4 Å². The van der Waals surface area contributed by atoms with Crippen LogP contribution in [0.4, 0.5) is 5.69 Å². The third kappa shape index (κ3) is 2.12. The second-order valence-corrected chi connectivity index (χ2v) is 3.34. The van der Waals surface area contributed by atoms with E-state index in [9.17, 15) is 15.2 Å². The first-order valence-electron chi connectivity index (χ1n) is 3.61. The molecular formula is C8H9NO3S. The Morgan fingerprint density at radius 3 is 2.85 bits per heavy atom. The summed E-state index contributed by atoms with van der Waals surface area (Å²) in [6, 6.07) is 4.54. The minimum absolute atomic E-state index is 0.221. The molecule has 0 fully saturated rings. The highest BCUT2D eigenvalue weighted by molar-refractivity contribution is 7.97. The monoisotopic (exact) mass is 199 g/mol. The Labute approximate surface area is 79.7 Å². The van der Waals surface area contributed by atoms with Gasteiger partial charge in [-0.3, -0.25) is 10.1 Å². The van der Waals surface area contributed by atoms with E-state index in [-0.39, 0.29) is 11.4 Å². The zero-order chi connectivity index (χ0) is 9.84. The van der Waals surface area contributed by atoms with E-state index in [1.807, 2.05) is 6.26 Å². The van der Waals surface area contributed by atoms with Crippen molar-refractivity contribution in [3.63, 3.8) is 0 Å². The van der Waals surface area contributed by atoms with Crippen LogP contribution in [-0.2, 0) is 5.75 Å². The fraction of sp³-hybridized carbons (Fsp3) is 0.250. The van der Waals surface area contributed by atoms with E-state index in [1.54, 1.807) is 12.1 Å². The number of para-hydroxylation sites is 1. The Morgan fingerprint density at radius 1 is 1.62 bits per heavy atom. The van der Waals surface area contributed by atoms with Crippen LogP contribution in [0, 0.1) is 10.1 Å². The summed E-state index contributed by atoms with van der Waals surface area (Å²) in [6.07, 6.45) is 1.87. The van der Waals surface area contributed by atoms with Crippen LogP contribution >= 0.6 is 11.8 Å². The first-order chi connectivity index (χ1) is 6.16. The lowest BCUT2D eigenvalue weighted by Crippen LogP contribution is -1.91. The molecule has 0 atom stereocenters. The lowest BCUT2D eigenvalue weighted by atomic mass is 10.2. The molecule has 0 saturated carbocycles. The Bertz CT molecular complexity index is 327. The third-order valence-corrected chi connectivity index (χ3v) is 2.19. The highest BCUT2D eigenvalue weighted by Gasteiger charge is 2.15. The van der Waals surface area contributed by atoms with Gasteiger partial charge in [0.15, 0.2) is 5.75 Å². The van der Waals surface area contributed by atoms with Crippen LogP contribution in [0.25, 0.3) is 0 Å². The van der Waals surface area contributed by atoms with E-state index >= 15 is 0 Å². The van der Waals surface area contributed by atoms with Gasteiger partial charge in [0.1, 0.15) is 0 Å². The molecule has 0 aromatic heterocycles. The van der Waals surface area contributed by atoms with Crippen molar-refractivity contribution in [1.29, 1.82) is 0 Å². The number of phenols is 1. The minimum Gasteiger partial charge on any atom is -0.502 e. The Morgan fingerprint density at radius 2 is 2.31 bits per heavy atom. The summed E-state index contributed by atoms with van der Waals surface area (Å²) in [5, 5.41) is 19.9. The molecule has 70 valence electrons. The molecule has 1 aromatic carbocycles. The van der Waals surface area contributed by atoms with Crippen LogP contribution in [0.3, 0.4) is 0 Å². The molecule has 0 aliphatic heterocycles. The van der Waals surface area contributed by atoms with Gasteiger partial charge in [-0.25, -0.2) is 0 Å². The lowest BCUT2D eigenvalue weighted by Gasteiger charge is -2.01. The van der Waals surface area contributed by atoms with Gasteiger partial charge in [-0.1, -0.05) is 12.1 Å². The van der Waals surface area contributed by atoms with Crippen molar-refractivity contribution in [3.8, 4) is 5.75 Å². The number of benzene rings is 1. The lowest BCUT2D eigenvalue weighted by molar-refractivity contribution is -0.385. The maximum absolute atomic E-state index is 10.4. The van der Waals surface area contributed by atoms with E-state index < -0.39 is 4.92 Å². The fourth-order valence-corrected chi connectivity index (χ4v) is 1.54. The highest BCUT2D eigenvalue weighted by Crippen LogP contribution is 2.30. The SMILES string of the molecule is CSCc1cccc([N+](=O)[O-])c1O. The van der Waals surface area contributed by atoms with Gasteiger partial charge in [0.05, 0.1) is 4.92 Å². The van der Waals surface area contributed by atoms with Gasteiger partial charge in [0.25, 0.3) is 0 Å². The van der Waals surface area contributed by atoms with Crippen LogP contribution in [-0.4, -0.2) is 16.3 Å². The molecule has 13 heavy (non-hydrogen) atoms. The number of nitro groups is 1. The molecule has 0 spiro atoms. The quantitative estimate of drug-likeness (QED) is 0.598. The van der Waals surface area contributed by atoms with Gasteiger partial charge >= 0.3 is 5.69 Å². The summed E-state index contributed by atoms with van der Waals surface area (Å²) in [6.45, 7) is 0. The molecule has 0 saturated heterocycles. The number of nitro benzene ring substituents is 1. The number of aromatic hydroxyl groups is 1. The van der Waals surface area contributed by atoms with Crippen molar-refractivity contribution < 1.29 is 10.0 Å². The molecule has 5 heteroatoms. The number of thioether (sulfide) groups is 1. The van der Waals surface area contributed by atoms with Gasteiger partial charge in [-0.15, -0.1) is 0 Å². The molecule has 0 aliphatic rings. The molecule has 0 aliphatic carbocycles. The Hall–Kier alpha value is -1.23. The number of nitrogens with zero attached hydrogens (tertiary/aromatic N) is 1. The average Bonchev–Trinajstić information content (AvgIpc) is 2.08. The summed E-state index contributed by atoms with van der Waals surface area (Å²) < 4.78 is 0. The van der Waals surface area contributed by atoms with Crippen molar-refractivity contribution in [2.24, 2.45) is 0 Å². The number of hydrogen-bond donors (Lipinski definition) is 1. The second-order valence-electron chi connectivity index (χ2n) is 2.47. The van der Waals surface area contributed by atoms with Crippen LogP contribution in [0.1, 0.15) is 5.56 Å². The molecular weight excluding hydrogens is 190 g/mol. The third-order valence-electron chi connectivity index (χ3n) is 1.59. The number of rotatable bonds is 3. The van der Waals surface area contributed by atoms with Crippen LogP contribution < -0.4 is 0 Å². The summed E-state index contributed by atoms with van der Waals surface area (Å²) >= 11 is 1.51. The van der Waals surface area contributed by atoms with Crippen LogP contribution in [0.15, 0.2) is 18.2 Å². The van der Waals surface area contributed by atoms with Crippen molar-refractivity contribution in [2.45, 2.75) is 5.75 Å². The second kappa shape index (κ2) is 4.13. The molecule has 4 nitrogen and oxygen atoms in total. The van der Waals surface area contributed by atoms with Gasteiger partial charge < -0.3 is 5.11 Å². The maximum atomic E-state index is 10.4. The largest absolute Gasteiger partial charge is 0.502 e.